The lowest BCUT2D eigenvalue weighted by atomic mass is 10.2. The van der Waals surface area contributed by atoms with Crippen molar-refractivity contribution < 1.29 is 19.0 Å². The maximum absolute atomic E-state index is 14.5. The number of hydrogen-bond acceptors (Lipinski definition) is 8. The van der Waals surface area contributed by atoms with E-state index in [4.69, 9.17) is 4.74 Å². The van der Waals surface area contributed by atoms with Gasteiger partial charge in [-0.3, -0.25) is 0 Å². The number of halogens is 1. The number of carbonyl (C=O) groups is 1. The van der Waals surface area contributed by atoms with E-state index in [9.17, 15) is 14.3 Å². The highest BCUT2D eigenvalue weighted by Gasteiger charge is 2.11. The summed E-state index contributed by atoms with van der Waals surface area (Å²) in [6, 6.07) is 15.8. The summed E-state index contributed by atoms with van der Waals surface area (Å²) in [6.45, 7) is 2.31. The van der Waals surface area contributed by atoms with Crippen LogP contribution in [0.1, 0.15) is 30.1 Å². The second-order valence-electron chi connectivity index (χ2n) is 7.64. The first kappa shape index (κ1) is 24.5. The molecule has 176 valence electrons. The number of rotatable bonds is 9. The Labute approximate surface area is 197 Å². The second kappa shape index (κ2) is 11.6. The molecule has 0 saturated carbocycles. The Hall–Kier alpha value is -4.14. The van der Waals surface area contributed by atoms with Crippen LogP contribution in [0.3, 0.4) is 0 Å². The van der Waals surface area contributed by atoms with Gasteiger partial charge in [0.05, 0.1) is 23.5 Å². The molecule has 0 saturated heterocycles. The van der Waals surface area contributed by atoms with Crippen LogP contribution in [0.5, 0.6) is 5.75 Å². The number of esters is 1. The highest BCUT2D eigenvalue weighted by Crippen LogP contribution is 2.31. The SMILES string of the molecule is CCCCOC(=O)c1ccc(N=Nc2ccc(N=Nc3ccc(N(C)C)cc3)cc2F)c(O)c1. The molecule has 0 aromatic heterocycles. The van der Waals surface area contributed by atoms with E-state index < -0.39 is 11.8 Å². The zero-order valence-electron chi connectivity index (χ0n) is 19.3. The summed E-state index contributed by atoms with van der Waals surface area (Å²) in [5.41, 5.74) is 2.26. The lowest BCUT2D eigenvalue weighted by Gasteiger charge is -2.11. The lowest BCUT2D eigenvalue weighted by molar-refractivity contribution is 0.0499. The highest BCUT2D eigenvalue weighted by molar-refractivity contribution is 5.90. The van der Waals surface area contributed by atoms with Crippen molar-refractivity contribution in [1.29, 1.82) is 0 Å². The molecule has 0 atom stereocenters. The fourth-order valence-electron chi connectivity index (χ4n) is 2.81. The average Bonchev–Trinajstić information content (AvgIpc) is 2.83. The van der Waals surface area contributed by atoms with E-state index in [0.717, 1.165) is 18.5 Å². The fourth-order valence-corrected chi connectivity index (χ4v) is 2.81. The molecule has 1 N–H and O–H groups in total. The maximum atomic E-state index is 14.5. The molecule has 0 bridgehead atoms. The molecule has 34 heavy (non-hydrogen) atoms. The third kappa shape index (κ3) is 6.68. The number of nitrogens with zero attached hydrogens (tertiary/aromatic N) is 5. The van der Waals surface area contributed by atoms with Gasteiger partial charge in [0.1, 0.15) is 17.1 Å². The van der Waals surface area contributed by atoms with Gasteiger partial charge in [-0.05, 0) is 61.0 Å². The number of benzene rings is 3. The van der Waals surface area contributed by atoms with E-state index in [2.05, 4.69) is 20.5 Å². The minimum atomic E-state index is -0.640. The van der Waals surface area contributed by atoms with Gasteiger partial charge in [-0.15, -0.1) is 10.2 Å². The smallest absolute Gasteiger partial charge is 0.338 e. The van der Waals surface area contributed by atoms with Crippen LogP contribution in [-0.2, 0) is 4.74 Å². The molecule has 0 heterocycles. The van der Waals surface area contributed by atoms with Crippen LogP contribution in [0.4, 0.5) is 32.8 Å². The topological polar surface area (TPSA) is 99.2 Å². The summed E-state index contributed by atoms with van der Waals surface area (Å²) < 4.78 is 19.6. The molecule has 3 aromatic rings. The molecular formula is C25H26FN5O3. The number of ether oxygens (including phenoxy) is 1. The Kier molecular flexibility index (Phi) is 8.39. The molecule has 0 aliphatic rings. The van der Waals surface area contributed by atoms with E-state index in [1.807, 2.05) is 50.2 Å². The van der Waals surface area contributed by atoms with Crippen molar-refractivity contribution in [2.75, 3.05) is 25.6 Å². The van der Waals surface area contributed by atoms with Crippen molar-refractivity contribution in [1.82, 2.24) is 0 Å². The minimum Gasteiger partial charge on any atom is -0.506 e. The van der Waals surface area contributed by atoms with Gasteiger partial charge in [-0.25, -0.2) is 9.18 Å². The zero-order chi connectivity index (χ0) is 24.5. The maximum Gasteiger partial charge on any atom is 0.338 e. The van der Waals surface area contributed by atoms with E-state index in [1.165, 1.54) is 30.3 Å². The number of carbonyl (C=O) groups excluding carboxylic acids is 1. The Morgan fingerprint density at radius 3 is 2.21 bits per heavy atom. The van der Waals surface area contributed by atoms with Crippen LogP contribution in [0, 0.1) is 5.82 Å². The van der Waals surface area contributed by atoms with Crippen molar-refractivity contribution in [2.45, 2.75) is 19.8 Å². The second-order valence-corrected chi connectivity index (χ2v) is 7.64. The quantitative estimate of drug-likeness (QED) is 0.203. The summed E-state index contributed by atoms with van der Waals surface area (Å²) in [5, 5.41) is 26.0. The molecule has 3 rings (SSSR count). The van der Waals surface area contributed by atoms with E-state index in [1.54, 1.807) is 6.07 Å². The molecule has 0 fully saturated rings. The summed E-state index contributed by atoms with van der Waals surface area (Å²) in [4.78, 5) is 13.9. The van der Waals surface area contributed by atoms with Crippen LogP contribution in [-0.4, -0.2) is 31.8 Å². The number of unbranched alkanes of at least 4 members (excludes halogenated alkanes) is 1. The Morgan fingerprint density at radius 2 is 1.56 bits per heavy atom. The molecule has 0 radical (unpaired) electrons. The first-order valence-electron chi connectivity index (χ1n) is 10.8. The third-order valence-electron chi connectivity index (χ3n) is 4.79. The molecule has 8 nitrogen and oxygen atoms in total. The van der Waals surface area contributed by atoms with Crippen LogP contribution < -0.4 is 4.90 Å². The molecule has 9 heteroatoms. The number of aromatic hydroxyl groups is 1. The molecule has 0 unspecified atom stereocenters. The molecular weight excluding hydrogens is 437 g/mol. The molecule has 3 aromatic carbocycles. The van der Waals surface area contributed by atoms with Gasteiger partial charge in [0.15, 0.2) is 5.82 Å². The Balaban J connectivity index is 1.67. The van der Waals surface area contributed by atoms with E-state index in [0.29, 0.717) is 18.0 Å². The summed E-state index contributed by atoms with van der Waals surface area (Å²) in [5.74, 6) is -1.43. The number of phenols is 1. The third-order valence-corrected chi connectivity index (χ3v) is 4.79. The normalized spacial score (nSPS) is 11.3. The van der Waals surface area contributed by atoms with Gasteiger partial charge >= 0.3 is 5.97 Å². The number of phenolic OH excluding ortho intramolecular Hbond substituents is 1. The number of azo groups is 2. The Bertz CT molecular complexity index is 1190. The van der Waals surface area contributed by atoms with E-state index >= 15 is 0 Å². The van der Waals surface area contributed by atoms with Crippen molar-refractivity contribution in [2.24, 2.45) is 20.5 Å². The van der Waals surface area contributed by atoms with Crippen LogP contribution in [0.25, 0.3) is 0 Å². The Morgan fingerprint density at radius 1 is 0.912 bits per heavy atom. The molecule has 0 spiro atoms. The fraction of sp³-hybridized carbons (Fsp3) is 0.240. The summed E-state index contributed by atoms with van der Waals surface area (Å²) in [6.07, 6.45) is 1.67. The standard InChI is InChI=1S/C25H26FN5O3/c1-4-5-14-34-25(33)17-6-12-23(24(32)15-17)30-29-22-13-9-19(16-21(22)26)28-27-18-7-10-20(11-8-18)31(2)3/h6-13,15-16,32H,4-5,14H2,1-3H3. The van der Waals surface area contributed by atoms with Crippen molar-refractivity contribution in [3.63, 3.8) is 0 Å². The number of hydrogen-bond donors (Lipinski definition) is 1. The van der Waals surface area contributed by atoms with Crippen LogP contribution in [0.15, 0.2) is 81.1 Å². The van der Waals surface area contributed by atoms with E-state index in [-0.39, 0.29) is 22.7 Å². The molecule has 0 aliphatic heterocycles. The first-order chi connectivity index (χ1) is 16.4. The van der Waals surface area contributed by atoms with Crippen molar-refractivity contribution in [3.8, 4) is 5.75 Å². The van der Waals surface area contributed by atoms with Gasteiger partial charge in [-0.1, -0.05) is 13.3 Å². The van der Waals surface area contributed by atoms with Gasteiger partial charge in [-0.2, -0.15) is 10.2 Å². The zero-order valence-corrected chi connectivity index (χ0v) is 19.3. The average molecular weight is 464 g/mol. The summed E-state index contributed by atoms with van der Waals surface area (Å²) in [7, 11) is 3.89. The van der Waals surface area contributed by atoms with Crippen molar-refractivity contribution >= 4 is 34.4 Å². The van der Waals surface area contributed by atoms with Crippen LogP contribution >= 0.6 is 0 Å². The first-order valence-corrected chi connectivity index (χ1v) is 10.8. The largest absolute Gasteiger partial charge is 0.506 e. The predicted molar refractivity (Wildman–Crippen MR) is 129 cm³/mol. The van der Waals surface area contributed by atoms with Gasteiger partial charge in [0.2, 0.25) is 0 Å². The van der Waals surface area contributed by atoms with Gasteiger partial charge in [0.25, 0.3) is 0 Å². The minimum absolute atomic E-state index is 0.0308. The van der Waals surface area contributed by atoms with Crippen LogP contribution in [0.2, 0.25) is 0 Å². The molecule has 0 aliphatic carbocycles. The van der Waals surface area contributed by atoms with Gasteiger partial charge < -0.3 is 14.7 Å². The number of anilines is 1. The summed E-state index contributed by atoms with van der Waals surface area (Å²) >= 11 is 0. The monoisotopic (exact) mass is 463 g/mol. The predicted octanol–water partition coefficient (Wildman–Crippen LogP) is 7.39. The highest BCUT2D eigenvalue weighted by atomic mass is 19.1. The molecule has 0 amide bonds. The van der Waals surface area contributed by atoms with Gasteiger partial charge in [0, 0.05) is 25.8 Å². The lowest BCUT2D eigenvalue weighted by Crippen LogP contribution is -2.07. The van der Waals surface area contributed by atoms with Crippen molar-refractivity contribution in [3.05, 3.63) is 72.0 Å².